The summed E-state index contributed by atoms with van der Waals surface area (Å²) in [5.74, 6) is 2.03. The van der Waals surface area contributed by atoms with Crippen LogP contribution in [0.1, 0.15) is 84.0 Å². The Labute approximate surface area is 152 Å². The minimum absolute atomic E-state index is 0.129. The Morgan fingerprint density at radius 3 is 2.04 bits per heavy atom. The van der Waals surface area contributed by atoms with E-state index in [-0.39, 0.29) is 6.04 Å². The van der Waals surface area contributed by atoms with Crippen LogP contribution in [0.2, 0.25) is 0 Å². The molecule has 0 aromatic rings. The highest BCUT2D eigenvalue weighted by atomic mass is 19.3. The summed E-state index contributed by atoms with van der Waals surface area (Å²) in [6.45, 7) is 2.27. The number of amides is 1. The van der Waals surface area contributed by atoms with Gasteiger partial charge in [0.2, 0.25) is 0 Å². The van der Waals surface area contributed by atoms with Crippen molar-refractivity contribution in [3.05, 3.63) is 12.2 Å². The van der Waals surface area contributed by atoms with Crippen LogP contribution in [0, 0.1) is 17.8 Å². The molecule has 2 nitrogen and oxygen atoms in total. The third kappa shape index (κ3) is 6.38. The van der Waals surface area contributed by atoms with Crippen LogP contribution in [-0.2, 0) is 4.79 Å². The Morgan fingerprint density at radius 1 is 0.960 bits per heavy atom. The fourth-order valence-electron chi connectivity index (χ4n) is 4.97. The molecule has 0 aromatic carbocycles. The average molecular weight is 356 g/mol. The van der Waals surface area contributed by atoms with E-state index >= 15 is 0 Å². The normalized spacial score (nSPS) is 29.9. The Kier molecular flexibility index (Phi) is 8.38. The van der Waals surface area contributed by atoms with Crippen LogP contribution >= 0.6 is 0 Å². The van der Waals surface area contributed by atoms with Gasteiger partial charge in [0.15, 0.2) is 0 Å². The molecule has 0 bridgehead atoms. The van der Waals surface area contributed by atoms with Crippen molar-refractivity contribution in [2.45, 2.75) is 90.0 Å². The lowest BCUT2D eigenvalue weighted by Gasteiger charge is -2.40. The van der Waals surface area contributed by atoms with Crippen LogP contribution in [0.5, 0.6) is 0 Å². The zero-order valence-corrected chi connectivity index (χ0v) is 16.0. The van der Waals surface area contributed by atoms with E-state index in [9.17, 15) is 13.6 Å². The predicted molar refractivity (Wildman–Crippen MR) is 98.4 cm³/mol. The van der Waals surface area contributed by atoms with E-state index in [1.807, 2.05) is 0 Å². The van der Waals surface area contributed by atoms with Gasteiger partial charge in [0.1, 0.15) is 0 Å². The zero-order valence-electron chi connectivity index (χ0n) is 16.0. The molecule has 144 valence electrons. The maximum Gasteiger partial charge on any atom is 0.275 e. The number of hydrogen-bond acceptors (Lipinski definition) is 1. The van der Waals surface area contributed by atoms with Crippen molar-refractivity contribution in [3.8, 4) is 0 Å². The van der Waals surface area contributed by atoms with Crippen molar-refractivity contribution in [3.63, 3.8) is 0 Å². The van der Waals surface area contributed by atoms with E-state index in [0.717, 1.165) is 43.4 Å². The van der Waals surface area contributed by atoms with E-state index in [1.54, 1.807) is 7.05 Å². The van der Waals surface area contributed by atoms with Gasteiger partial charge < -0.3 is 4.90 Å². The first kappa shape index (κ1) is 20.4. The molecule has 2 aliphatic carbocycles. The summed E-state index contributed by atoms with van der Waals surface area (Å²) in [6, 6.07) is 0.129. The lowest BCUT2D eigenvalue weighted by molar-refractivity contribution is -0.127. The molecule has 0 N–H and O–H groups in total. The molecule has 0 saturated heterocycles. The van der Waals surface area contributed by atoms with E-state index < -0.39 is 12.0 Å². The van der Waals surface area contributed by atoms with Crippen molar-refractivity contribution in [2.24, 2.45) is 17.8 Å². The molecule has 2 saturated carbocycles. The van der Waals surface area contributed by atoms with Gasteiger partial charge in [0.25, 0.3) is 12.0 Å². The summed E-state index contributed by atoms with van der Waals surface area (Å²) in [6.07, 6.45) is 13.8. The zero-order chi connectivity index (χ0) is 18.2. The molecule has 2 aliphatic rings. The van der Waals surface area contributed by atoms with Gasteiger partial charge in [-0.1, -0.05) is 45.4 Å². The molecule has 0 heterocycles. The van der Waals surface area contributed by atoms with Crippen LogP contribution < -0.4 is 0 Å². The first-order valence-electron chi connectivity index (χ1n) is 10.3. The van der Waals surface area contributed by atoms with Gasteiger partial charge in [0, 0.05) is 13.1 Å². The highest BCUT2D eigenvalue weighted by molar-refractivity contribution is 5.87. The summed E-state index contributed by atoms with van der Waals surface area (Å²) in [7, 11) is 1.66. The SMILES string of the molecule is CCCCCC1CCC(C2CCC(N(C)C(=O)C=C(F)F)CC2)CC1. The lowest BCUT2D eigenvalue weighted by atomic mass is 9.69. The summed E-state index contributed by atoms with van der Waals surface area (Å²) >= 11 is 0. The Hall–Kier alpha value is -0.930. The van der Waals surface area contributed by atoms with Gasteiger partial charge in [-0.25, -0.2) is 0 Å². The molecule has 0 atom stereocenters. The molecule has 25 heavy (non-hydrogen) atoms. The van der Waals surface area contributed by atoms with Crippen LogP contribution in [0.25, 0.3) is 0 Å². The number of likely N-dealkylation sites (N-methyl/N-ethyl adjacent to an activating group) is 1. The molecule has 2 fully saturated rings. The highest BCUT2D eigenvalue weighted by Crippen LogP contribution is 2.41. The van der Waals surface area contributed by atoms with Crippen molar-refractivity contribution < 1.29 is 13.6 Å². The fourth-order valence-corrected chi connectivity index (χ4v) is 4.97. The summed E-state index contributed by atoms with van der Waals surface area (Å²) < 4.78 is 24.5. The summed E-state index contributed by atoms with van der Waals surface area (Å²) in [4.78, 5) is 13.3. The van der Waals surface area contributed by atoms with E-state index in [0.29, 0.717) is 6.08 Å². The minimum Gasteiger partial charge on any atom is -0.339 e. The number of nitrogens with zero attached hydrogens (tertiary/aromatic N) is 1. The minimum atomic E-state index is -1.90. The lowest BCUT2D eigenvalue weighted by Crippen LogP contribution is -2.39. The number of halogens is 2. The van der Waals surface area contributed by atoms with Gasteiger partial charge in [-0.05, 0) is 56.3 Å². The molecule has 0 aromatic heterocycles. The molecular formula is C21H35F2NO. The van der Waals surface area contributed by atoms with E-state index in [4.69, 9.17) is 0 Å². The molecule has 0 radical (unpaired) electrons. The van der Waals surface area contributed by atoms with Crippen LogP contribution in [-0.4, -0.2) is 23.9 Å². The van der Waals surface area contributed by atoms with E-state index in [1.165, 1.54) is 56.3 Å². The Bertz CT molecular complexity index is 431. The quantitative estimate of drug-likeness (QED) is 0.395. The van der Waals surface area contributed by atoms with Gasteiger partial charge in [-0.2, -0.15) is 8.78 Å². The number of hydrogen-bond donors (Lipinski definition) is 0. The Balaban J connectivity index is 1.70. The smallest absolute Gasteiger partial charge is 0.275 e. The third-order valence-electron chi connectivity index (χ3n) is 6.64. The van der Waals surface area contributed by atoms with Crippen molar-refractivity contribution in [2.75, 3.05) is 7.05 Å². The fraction of sp³-hybridized carbons (Fsp3) is 0.857. The second-order valence-electron chi connectivity index (χ2n) is 8.23. The molecule has 1 amide bonds. The number of unbranched alkanes of at least 4 members (excludes halogenated alkanes) is 2. The average Bonchev–Trinajstić information content (AvgIpc) is 2.61. The van der Waals surface area contributed by atoms with Crippen LogP contribution in [0.3, 0.4) is 0 Å². The Morgan fingerprint density at radius 2 is 1.52 bits per heavy atom. The first-order valence-corrected chi connectivity index (χ1v) is 10.3. The van der Waals surface area contributed by atoms with Crippen molar-refractivity contribution in [1.82, 2.24) is 4.90 Å². The topological polar surface area (TPSA) is 20.3 Å². The van der Waals surface area contributed by atoms with Gasteiger partial charge in [-0.15, -0.1) is 0 Å². The second kappa shape index (κ2) is 10.3. The van der Waals surface area contributed by atoms with Crippen molar-refractivity contribution >= 4 is 5.91 Å². The van der Waals surface area contributed by atoms with E-state index in [2.05, 4.69) is 6.92 Å². The monoisotopic (exact) mass is 355 g/mol. The second-order valence-corrected chi connectivity index (χ2v) is 8.23. The molecular weight excluding hydrogens is 320 g/mol. The molecule has 0 unspecified atom stereocenters. The third-order valence-corrected chi connectivity index (χ3v) is 6.64. The maximum atomic E-state index is 12.3. The summed E-state index contributed by atoms with van der Waals surface area (Å²) in [5, 5.41) is 0. The number of carbonyl (C=O) groups excluding carboxylic acids is 1. The van der Waals surface area contributed by atoms with Crippen LogP contribution in [0.15, 0.2) is 12.2 Å². The molecule has 2 rings (SSSR count). The number of carbonyl (C=O) groups is 1. The highest BCUT2D eigenvalue weighted by Gasteiger charge is 2.32. The first-order chi connectivity index (χ1) is 12.0. The van der Waals surface area contributed by atoms with Gasteiger partial charge in [0.05, 0.1) is 6.08 Å². The molecule has 4 heteroatoms. The van der Waals surface area contributed by atoms with Gasteiger partial charge >= 0.3 is 0 Å². The number of rotatable bonds is 7. The standard InChI is InChI=1S/C21H35F2NO/c1-3-4-5-6-16-7-9-17(10-8-16)18-11-13-19(14-12-18)24(2)21(25)15-20(22)23/h15-19H,3-14H2,1-2H3. The maximum absolute atomic E-state index is 12.3. The molecule has 0 aliphatic heterocycles. The van der Waals surface area contributed by atoms with Crippen molar-refractivity contribution in [1.29, 1.82) is 0 Å². The summed E-state index contributed by atoms with van der Waals surface area (Å²) in [5.41, 5.74) is 0. The largest absolute Gasteiger partial charge is 0.339 e. The van der Waals surface area contributed by atoms with Crippen LogP contribution in [0.4, 0.5) is 8.78 Å². The molecule has 0 spiro atoms. The predicted octanol–water partition coefficient (Wildman–Crippen LogP) is 6.17. The van der Waals surface area contributed by atoms with Gasteiger partial charge in [-0.3, -0.25) is 4.79 Å².